The van der Waals surface area contributed by atoms with Gasteiger partial charge in [0, 0.05) is 13.1 Å². The number of benzene rings is 1. The van der Waals surface area contributed by atoms with Crippen LogP contribution in [0.25, 0.3) is 10.2 Å². The molecule has 30 heavy (non-hydrogen) atoms. The SMILES string of the molecule is CC#CC1CNC(=O)N1c1nc2c3c(ccc2s1)OCCN3CCN1CCCCC1. The van der Waals surface area contributed by atoms with Crippen LogP contribution in [-0.4, -0.2) is 67.8 Å². The van der Waals surface area contributed by atoms with E-state index in [1.165, 1.54) is 32.4 Å². The summed E-state index contributed by atoms with van der Waals surface area (Å²) in [5.74, 6) is 6.93. The average molecular weight is 426 g/mol. The molecule has 158 valence electrons. The van der Waals surface area contributed by atoms with Gasteiger partial charge in [0.05, 0.1) is 17.8 Å². The second-order valence-corrected chi connectivity index (χ2v) is 8.97. The largest absolute Gasteiger partial charge is 0.489 e. The van der Waals surface area contributed by atoms with E-state index in [1.54, 1.807) is 23.2 Å². The molecule has 2 fully saturated rings. The van der Waals surface area contributed by atoms with E-state index in [-0.39, 0.29) is 12.1 Å². The predicted octanol–water partition coefficient (Wildman–Crippen LogP) is 2.90. The van der Waals surface area contributed by atoms with E-state index in [2.05, 4.69) is 33.0 Å². The van der Waals surface area contributed by atoms with Gasteiger partial charge >= 0.3 is 6.03 Å². The number of rotatable bonds is 4. The number of urea groups is 1. The Labute approximate surface area is 181 Å². The molecule has 3 aliphatic rings. The highest BCUT2D eigenvalue weighted by Crippen LogP contribution is 2.42. The topological polar surface area (TPSA) is 60.9 Å². The van der Waals surface area contributed by atoms with Gasteiger partial charge in [-0.05, 0) is 45.0 Å². The number of ether oxygens (including phenoxy) is 1. The van der Waals surface area contributed by atoms with Crippen molar-refractivity contribution in [2.24, 2.45) is 0 Å². The van der Waals surface area contributed by atoms with Crippen LogP contribution in [0, 0.1) is 11.8 Å². The molecule has 1 unspecified atom stereocenters. The summed E-state index contributed by atoms with van der Waals surface area (Å²) in [5, 5.41) is 3.58. The molecule has 5 rings (SSSR count). The van der Waals surface area contributed by atoms with E-state index in [0.717, 1.165) is 41.3 Å². The van der Waals surface area contributed by atoms with Crippen LogP contribution in [0.5, 0.6) is 5.75 Å². The fourth-order valence-electron chi connectivity index (χ4n) is 4.53. The maximum absolute atomic E-state index is 12.4. The maximum Gasteiger partial charge on any atom is 0.324 e. The first-order chi connectivity index (χ1) is 14.7. The molecular weight excluding hydrogens is 398 g/mol. The van der Waals surface area contributed by atoms with Crippen LogP contribution in [0.15, 0.2) is 12.1 Å². The quantitative estimate of drug-likeness (QED) is 0.764. The van der Waals surface area contributed by atoms with Gasteiger partial charge in [0.2, 0.25) is 0 Å². The van der Waals surface area contributed by atoms with Gasteiger partial charge in [-0.1, -0.05) is 23.7 Å². The number of carbonyl (C=O) groups excluding carboxylic acids is 1. The molecule has 1 aromatic carbocycles. The average Bonchev–Trinajstić information content (AvgIpc) is 3.36. The number of nitrogens with zero attached hydrogens (tertiary/aromatic N) is 4. The molecule has 0 spiro atoms. The van der Waals surface area contributed by atoms with Crippen molar-refractivity contribution < 1.29 is 9.53 Å². The Morgan fingerprint density at radius 1 is 1.23 bits per heavy atom. The summed E-state index contributed by atoms with van der Waals surface area (Å²) < 4.78 is 7.03. The molecule has 4 heterocycles. The molecule has 0 aliphatic carbocycles. The van der Waals surface area contributed by atoms with Gasteiger partial charge in [-0.2, -0.15) is 0 Å². The first kappa shape index (κ1) is 19.5. The Kier molecular flexibility index (Phi) is 5.40. The minimum atomic E-state index is -0.176. The highest BCUT2D eigenvalue weighted by molar-refractivity contribution is 7.22. The molecular formula is C22H27N5O2S. The number of aromatic nitrogens is 1. The lowest BCUT2D eigenvalue weighted by Crippen LogP contribution is -2.41. The van der Waals surface area contributed by atoms with Crippen LogP contribution in [0.2, 0.25) is 0 Å². The normalized spacial score (nSPS) is 21.8. The van der Waals surface area contributed by atoms with Crippen molar-refractivity contribution in [2.75, 3.05) is 55.7 Å². The Morgan fingerprint density at radius 2 is 2.10 bits per heavy atom. The van der Waals surface area contributed by atoms with Crippen molar-refractivity contribution in [3.05, 3.63) is 12.1 Å². The molecule has 1 N–H and O–H groups in total. The minimum Gasteiger partial charge on any atom is -0.489 e. The minimum absolute atomic E-state index is 0.131. The zero-order valence-electron chi connectivity index (χ0n) is 17.3. The van der Waals surface area contributed by atoms with Crippen LogP contribution in [0.3, 0.4) is 0 Å². The zero-order chi connectivity index (χ0) is 20.5. The number of piperidine rings is 1. The van der Waals surface area contributed by atoms with Crippen molar-refractivity contribution >= 4 is 38.4 Å². The zero-order valence-corrected chi connectivity index (χ0v) is 18.1. The van der Waals surface area contributed by atoms with Crippen molar-refractivity contribution in [1.82, 2.24) is 15.2 Å². The molecule has 0 saturated carbocycles. The van der Waals surface area contributed by atoms with Gasteiger partial charge in [-0.25, -0.2) is 9.78 Å². The summed E-state index contributed by atoms with van der Waals surface area (Å²) in [6.45, 7) is 8.31. The van der Waals surface area contributed by atoms with E-state index >= 15 is 0 Å². The van der Waals surface area contributed by atoms with Gasteiger partial charge in [0.15, 0.2) is 5.13 Å². The molecule has 2 saturated heterocycles. The fraction of sp³-hybridized carbons (Fsp3) is 0.545. The lowest BCUT2D eigenvalue weighted by Gasteiger charge is -2.34. The molecule has 7 nitrogen and oxygen atoms in total. The highest BCUT2D eigenvalue weighted by atomic mass is 32.1. The number of nitrogens with one attached hydrogen (secondary N) is 1. The van der Waals surface area contributed by atoms with Crippen LogP contribution >= 0.6 is 11.3 Å². The van der Waals surface area contributed by atoms with E-state index in [4.69, 9.17) is 9.72 Å². The summed E-state index contributed by atoms with van der Waals surface area (Å²) in [5.41, 5.74) is 1.99. The lowest BCUT2D eigenvalue weighted by atomic mass is 10.1. The van der Waals surface area contributed by atoms with Crippen LogP contribution < -0.4 is 19.9 Å². The maximum atomic E-state index is 12.4. The monoisotopic (exact) mass is 425 g/mol. The number of thiazole rings is 1. The highest BCUT2D eigenvalue weighted by Gasteiger charge is 2.34. The second-order valence-electron chi connectivity index (χ2n) is 7.96. The standard InChI is InChI=1S/C22H27N5O2S/c1-2-6-16-15-23-21(28)27(16)22-24-19-18(30-22)8-7-17-20(19)26(13-14-29-17)12-11-25-9-4-3-5-10-25/h7-8,16H,3-5,9-15H2,1H3,(H,23,28). The summed E-state index contributed by atoms with van der Waals surface area (Å²) in [4.78, 5) is 24.0. The molecule has 2 aromatic rings. The molecule has 0 bridgehead atoms. The van der Waals surface area contributed by atoms with Crippen molar-refractivity contribution in [3.8, 4) is 17.6 Å². The predicted molar refractivity (Wildman–Crippen MR) is 121 cm³/mol. The van der Waals surface area contributed by atoms with Crippen LogP contribution in [0.1, 0.15) is 26.2 Å². The van der Waals surface area contributed by atoms with Gasteiger partial charge < -0.3 is 19.9 Å². The van der Waals surface area contributed by atoms with E-state index in [0.29, 0.717) is 18.3 Å². The summed E-state index contributed by atoms with van der Waals surface area (Å²) >= 11 is 1.54. The van der Waals surface area contributed by atoms with Gasteiger partial charge in [-0.15, -0.1) is 5.92 Å². The molecule has 1 atom stereocenters. The Balaban J connectivity index is 1.46. The molecule has 0 radical (unpaired) electrons. The summed E-state index contributed by atoms with van der Waals surface area (Å²) in [6.07, 6.45) is 3.96. The van der Waals surface area contributed by atoms with Gasteiger partial charge in [0.1, 0.15) is 29.6 Å². The number of hydrogen-bond donors (Lipinski definition) is 1. The number of likely N-dealkylation sites (tertiary alicyclic amines) is 1. The molecule has 1 aromatic heterocycles. The Hall–Kier alpha value is -2.50. The summed E-state index contributed by atoms with van der Waals surface area (Å²) in [7, 11) is 0. The third kappa shape index (κ3) is 3.57. The Morgan fingerprint density at radius 3 is 2.93 bits per heavy atom. The number of fused-ring (bicyclic) bond motifs is 3. The second kappa shape index (κ2) is 8.32. The van der Waals surface area contributed by atoms with E-state index in [9.17, 15) is 4.79 Å². The molecule has 3 aliphatic heterocycles. The number of amides is 2. The van der Waals surface area contributed by atoms with Crippen molar-refractivity contribution in [3.63, 3.8) is 0 Å². The van der Waals surface area contributed by atoms with Crippen LogP contribution in [-0.2, 0) is 0 Å². The first-order valence-electron chi connectivity index (χ1n) is 10.8. The van der Waals surface area contributed by atoms with E-state index in [1.807, 2.05) is 6.07 Å². The summed E-state index contributed by atoms with van der Waals surface area (Å²) in [6, 6.07) is 3.79. The number of hydrogen-bond acceptors (Lipinski definition) is 6. The fourth-order valence-corrected chi connectivity index (χ4v) is 5.54. The number of carbonyl (C=O) groups is 1. The molecule has 8 heteroatoms. The smallest absolute Gasteiger partial charge is 0.324 e. The first-order valence-corrected chi connectivity index (χ1v) is 11.6. The van der Waals surface area contributed by atoms with E-state index < -0.39 is 0 Å². The molecule has 2 amide bonds. The third-order valence-electron chi connectivity index (χ3n) is 6.05. The van der Waals surface area contributed by atoms with Gasteiger partial charge in [-0.3, -0.25) is 4.90 Å². The van der Waals surface area contributed by atoms with Crippen molar-refractivity contribution in [2.45, 2.75) is 32.2 Å². The van der Waals surface area contributed by atoms with Crippen molar-refractivity contribution in [1.29, 1.82) is 0 Å². The van der Waals surface area contributed by atoms with Gasteiger partial charge in [0.25, 0.3) is 0 Å². The third-order valence-corrected chi connectivity index (χ3v) is 7.07. The Bertz CT molecular complexity index is 1000. The number of anilines is 2. The lowest BCUT2D eigenvalue weighted by molar-refractivity contribution is 0.229. The van der Waals surface area contributed by atoms with Crippen LogP contribution in [0.4, 0.5) is 15.6 Å².